The van der Waals surface area contributed by atoms with E-state index in [-0.39, 0.29) is 5.91 Å². The van der Waals surface area contributed by atoms with Gasteiger partial charge in [-0.2, -0.15) is 4.98 Å². The summed E-state index contributed by atoms with van der Waals surface area (Å²) < 4.78 is 6.48. The van der Waals surface area contributed by atoms with Crippen molar-refractivity contribution in [2.24, 2.45) is 0 Å². The smallest absolute Gasteiger partial charge is 0.227 e. The minimum atomic E-state index is 0.140. The van der Waals surface area contributed by atoms with E-state index in [4.69, 9.17) is 4.52 Å². The second kappa shape index (κ2) is 8.72. The minimum Gasteiger partial charge on any atom is -0.368 e. The summed E-state index contributed by atoms with van der Waals surface area (Å²) in [6.45, 7) is 3.19. The molecule has 2 heterocycles. The number of hydrogen-bond acceptors (Lipinski definition) is 5. The number of rotatable bonds is 5. The lowest BCUT2D eigenvalue weighted by Crippen LogP contribution is -2.48. The predicted molar refractivity (Wildman–Crippen MR) is 116 cm³/mol. The van der Waals surface area contributed by atoms with E-state index in [0.717, 1.165) is 35.3 Å². The van der Waals surface area contributed by atoms with E-state index in [1.54, 1.807) is 0 Å². The van der Waals surface area contributed by atoms with Gasteiger partial charge in [0.15, 0.2) is 0 Å². The summed E-state index contributed by atoms with van der Waals surface area (Å²) in [6.07, 6.45) is 0.856. The van der Waals surface area contributed by atoms with Crippen molar-refractivity contribution in [3.05, 3.63) is 64.1 Å². The lowest BCUT2D eigenvalue weighted by molar-refractivity contribution is -0.131. The number of halogens is 1. The van der Waals surface area contributed by atoms with E-state index in [1.807, 2.05) is 47.4 Å². The van der Waals surface area contributed by atoms with Crippen LogP contribution in [0.3, 0.4) is 0 Å². The molecule has 0 atom stereocenters. The van der Waals surface area contributed by atoms with Crippen LogP contribution in [0.5, 0.6) is 0 Å². The Labute approximate surface area is 177 Å². The van der Waals surface area contributed by atoms with Crippen LogP contribution < -0.4 is 4.90 Å². The highest BCUT2D eigenvalue weighted by Crippen LogP contribution is 2.19. The highest BCUT2D eigenvalue weighted by molar-refractivity contribution is 14.1. The molecule has 1 aromatic heterocycles. The minimum absolute atomic E-state index is 0.140. The lowest BCUT2D eigenvalue weighted by atomic mass is 10.2. The molecule has 144 valence electrons. The van der Waals surface area contributed by atoms with Gasteiger partial charge in [0, 0.05) is 53.8 Å². The average Bonchev–Trinajstić information content (AvgIpc) is 3.22. The van der Waals surface area contributed by atoms with E-state index in [0.29, 0.717) is 24.6 Å². The number of benzene rings is 2. The van der Waals surface area contributed by atoms with Crippen LogP contribution in [-0.2, 0) is 11.2 Å². The first kappa shape index (κ1) is 18.9. The van der Waals surface area contributed by atoms with Gasteiger partial charge in [0.25, 0.3) is 0 Å². The molecular formula is C21H21IN4O2. The fourth-order valence-corrected chi connectivity index (χ4v) is 3.66. The fraction of sp³-hybridized carbons (Fsp3) is 0.286. The fourth-order valence-electron chi connectivity index (χ4n) is 3.30. The summed E-state index contributed by atoms with van der Waals surface area (Å²) in [5.74, 6) is 1.21. The molecule has 1 fully saturated rings. The van der Waals surface area contributed by atoms with Crippen LogP contribution in [0.15, 0.2) is 59.1 Å². The molecule has 28 heavy (non-hydrogen) atoms. The molecule has 1 aliphatic rings. The number of aryl methyl sites for hydroxylation is 1. The van der Waals surface area contributed by atoms with Crippen LogP contribution in [-0.4, -0.2) is 47.1 Å². The molecule has 2 aromatic carbocycles. The van der Waals surface area contributed by atoms with Crippen molar-refractivity contribution in [3.8, 4) is 11.4 Å². The zero-order valence-electron chi connectivity index (χ0n) is 15.4. The average molecular weight is 488 g/mol. The molecule has 0 unspecified atom stereocenters. The number of carbonyl (C=O) groups excluding carboxylic acids is 1. The van der Waals surface area contributed by atoms with E-state index >= 15 is 0 Å². The molecule has 0 radical (unpaired) electrons. The molecule has 1 saturated heterocycles. The second-order valence-corrected chi connectivity index (χ2v) is 7.97. The normalized spacial score (nSPS) is 14.3. The van der Waals surface area contributed by atoms with E-state index in [2.05, 4.69) is 49.8 Å². The van der Waals surface area contributed by atoms with Crippen molar-refractivity contribution in [1.29, 1.82) is 0 Å². The number of aromatic nitrogens is 2. The molecule has 1 aliphatic heterocycles. The molecular weight excluding hydrogens is 467 g/mol. The topological polar surface area (TPSA) is 62.5 Å². The number of anilines is 1. The van der Waals surface area contributed by atoms with Gasteiger partial charge in [-0.1, -0.05) is 35.5 Å². The molecule has 0 aliphatic carbocycles. The van der Waals surface area contributed by atoms with Gasteiger partial charge in [-0.15, -0.1) is 0 Å². The zero-order chi connectivity index (χ0) is 19.3. The Morgan fingerprint density at radius 3 is 2.43 bits per heavy atom. The Balaban J connectivity index is 1.28. The monoisotopic (exact) mass is 488 g/mol. The van der Waals surface area contributed by atoms with Gasteiger partial charge in [-0.05, 0) is 46.9 Å². The molecule has 7 heteroatoms. The highest BCUT2D eigenvalue weighted by Gasteiger charge is 2.21. The van der Waals surface area contributed by atoms with Gasteiger partial charge in [-0.3, -0.25) is 4.79 Å². The number of hydrogen-bond donors (Lipinski definition) is 0. The number of para-hydroxylation sites is 1. The maximum Gasteiger partial charge on any atom is 0.227 e. The van der Waals surface area contributed by atoms with Gasteiger partial charge in [0.1, 0.15) is 0 Å². The standard InChI is InChI=1S/C21H21IN4O2/c22-17-8-6-16(7-9-17)21-23-19(28-24-21)10-11-20(27)26-14-12-25(13-15-26)18-4-2-1-3-5-18/h1-9H,10-15H2. The van der Waals surface area contributed by atoms with Gasteiger partial charge in [0.05, 0.1) is 0 Å². The summed E-state index contributed by atoms with van der Waals surface area (Å²) in [5, 5.41) is 4.03. The van der Waals surface area contributed by atoms with Crippen LogP contribution in [0.4, 0.5) is 5.69 Å². The molecule has 6 nitrogen and oxygen atoms in total. The first-order valence-electron chi connectivity index (χ1n) is 9.35. The Hall–Kier alpha value is -2.42. The summed E-state index contributed by atoms with van der Waals surface area (Å²) in [6, 6.07) is 18.3. The molecule has 0 bridgehead atoms. The van der Waals surface area contributed by atoms with E-state index < -0.39 is 0 Å². The zero-order valence-corrected chi connectivity index (χ0v) is 17.6. The largest absolute Gasteiger partial charge is 0.368 e. The summed E-state index contributed by atoms with van der Waals surface area (Å²) in [7, 11) is 0. The third kappa shape index (κ3) is 4.52. The Morgan fingerprint density at radius 2 is 1.71 bits per heavy atom. The van der Waals surface area contributed by atoms with Crippen molar-refractivity contribution in [2.45, 2.75) is 12.8 Å². The van der Waals surface area contributed by atoms with Crippen molar-refractivity contribution in [1.82, 2.24) is 15.0 Å². The van der Waals surface area contributed by atoms with Crippen LogP contribution in [0.1, 0.15) is 12.3 Å². The number of amides is 1. The summed E-state index contributed by atoms with van der Waals surface area (Å²) in [4.78, 5) is 21.2. The molecule has 0 spiro atoms. The third-order valence-electron chi connectivity index (χ3n) is 4.88. The molecule has 4 rings (SSSR count). The predicted octanol–water partition coefficient (Wildman–Crippen LogP) is 3.62. The van der Waals surface area contributed by atoms with Crippen LogP contribution in [0, 0.1) is 3.57 Å². The molecule has 0 saturated carbocycles. The number of carbonyl (C=O) groups is 1. The maximum absolute atomic E-state index is 12.5. The first-order valence-corrected chi connectivity index (χ1v) is 10.4. The Bertz CT molecular complexity index is 919. The number of piperazine rings is 1. The SMILES string of the molecule is O=C(CCc1nc(-c2ccc(I)cc2)no1)N1CCN(c2ccccc2)CC1. The molecule has 3 aromatic rings. The van der Waals surface area contributed by atoms with Gasteiger partial charge >= 0.3 is 0 Å². The summed E-state index contributed by atoms with van der Waals surface area (Å²) in [5.41, 5.74) is 2.13. The van der Waals surface area contributed by atoms with Crippen molar-refractivity contribution < 1.29 is 9.32 Å². The van der Waals surface area contributed by atoms with Crippen LogP contribution >= 0.6 is 22.6 Å². The molecule has 1 amide bonds. The maximum atomic E-state index is 12.5. The van der Waals surface area contributed by atoms with Crippen molar-refractivity contribution >= 4 is 34.2 Å². The first-order chi connectivity index (χ1) is 13.7. The number of nitrogens with zero attached hydrogens (tertiary/aromatic N) is 4. The van der Waals surface area contributed by atoms with Gasteiger partial charge in [-0.25, -0.2) is 0 Å². The summed E-state index contributed by atoms with van der Waals surface area (Å²) >= 11 is 2.26. The van der Waals surface area contributed by atoms with Crippen LogP contribution in [0.25, 0.3) is 11.4 Å². The lowest BCUT2D eigenvalue weighted by Gasteiger charge is -2.36. The molecule has 0 N–H and O–H groups in total. The van der Waals surface area contributed by atoms with Gasteiger partial charge in [0.2, 0.25) is 17.6 Å². The van der Waals surface area contributed by atoms with Crippen LogP contribution in [0.2, 0.25) is 0 Å². The van der Waals surface area contributed by atoms with E-state index in [1.165, 1.54) is 5.69 Å². The quantitative estimate of drug-likeness (QED) is 0.514. The van der Waals surface area contributed by atoms with Crippen molar-refractivity contribution in [2.75, 3.05) is 31.1 Å². The van der Waals surface area contributed by atoms with Gasteiger partial charge < -0.3 is 14.3 Å². The third-order valence-corrected chi connectivity index (χ3v) is 5.60. The van der Waals surface area contributed by atoms with E-state index in [9.17, 15) is 4.79 Å². The Morgan fingerprint density at radius 1 is 1.00 bits per heavy atom. The highest BCUT2D eigenvalue weighted by atomic mass is 127. The second-order valence-electron chi connectivity index (χ2n) is 6.72. The van der Waals surface area contributed by atoms with Crippen molar-refractivity contribution in [3.63, 3.8) is 0 Å². The Kier molecular flexibility index (Phi) is 5.90.